The summed E-state index contributed by atoms with van der Waals surface area (Å²) in [6.07, 6.45) is 1.80. The van der Waals surface area contributed by atoms with Crippen LogP contribution in [0.4, 0.5) is 0 Å². The number of carbonyl (C=O) groups is 1. The monoisotopic (exact) mass is 362 g/mol. The van der Waals surface area contributed by atoms with E-state index in [0.717, 1.165) is 44.0 Å². The molecule has 1 aromatic carbocycles. The normalized spacial score (nSPS) is 23.7. The van der Waals surface area contributed by atoms with Crippen LogP contribution in [0.5, 0.6) is 11.5 Å². The topological polar surface area (TPSA) is 60.5 Å². The molecule has 0 bridgehead atoms. The molecule has 0 unspecified atom stereocenters. The molecule has 2 fully saturated rings. The van der Waals surface area contributed by atoms with Crippen molar-refractivity contribution in [3.63, 3.8) is 0 Å². The van der Waals surface area contributed by atoms with Crippen molar-refractivity contribution in [1.29, 1.82) is 0 Å². The minimum Gasteiger partial charge on any atom is -0.454 e. The molecule has 4 rings (SSSR count). The Morgan fingerprint density at radius 3 is 2.92 bits per heavy atom. The van der Waals surface area contributed by atoms with Gasteiger partial charge in [-0.3, -0.25) is 9.69 Å². The van der Waals surface area contributed by atoms with Gasteiger partial charge in [-0.1, -0.05) is 6.07 Å². The number of amides is 1. The van der Waals surface area contributed by atoms with Crippen LogP contribution in [0, 0.1) is 0 Å². The van der Waals surface area contributed by atoms with Gasteiger partial charge in [0.15, 0.2) is 11.5 Å². The molecule has 0 aromatic heterocycles. The summed E-state index contributed by atoms with van der Waals surface area (Å²) < 4.78 is 22.7. The molecule has 142 valence electrons. The second-order valence-corrected chi connectivity index (χ2v) is 7.58. The predicted octanol–water partition coefficient (Wildman–Crippen LogP) is 1.25. The highest BCUT2D eigenvalue weighted by molar-refractivity contribution is 5.76. The standard InChI is InChI=1S/C19H26N2O5/c1-20(2)18(22)10-23-15-5-6-26-19(8-15)11-21(12-19)9-14-3-4-16-17(7-14)25-13-24-16/h3-4,7,15H,5-6,8-13H2,1-2H3/t15-/m1/s1. The Kier molecular flexibility index (Phi) is 4.77. The van der Waals surface area contributed by atoms with Gasteiger partial charge in [-0.15, -0.1) is 0 Å². The molecule has 0 N–H and O–H groups in total. The maximum Gasteiger partial charge on any atom is 0.248 e. The van der Waals surface area contributed by atoms with Gasteiger partial charge >= 0.3 is 0 Å². The van der Waals surface area contributed by atoms with E-state index in [0.29, 0.717) is 13.4 Å². The van der Waals surface area contributed by atoms with Crippen LogP contribution in [-0.2, 0) is 20.8 Å². The molecule has 1 amide bonds. The van der Waals surface area contributed by atoms with Crippen LogP contribution >= 0.6 is 0 Å². The SMILES string of the molecule is CN(C)C(=O)CO[C@@H]1CCOC2(C1)CN(Cc1ccc3c(c1)OCO3)C2. The zero-order chi connectivity index (χ0) is 18.1. The Balaban J connectivity index is 1.27. The van der Waals surface area contributed by atoms with E-state index in [1.54, 1.807) is 19.0 Å². The fourth-order valence-corrected chi connectivity index (χ4v) is 3.84. The number of hydrogen-bond donors (Lipinski definition) is 0. The second kappa shape index (κ2) is 7.06. The van der Waals surface area contributed by atoms with Gasteiger partial charge in [0.2, 0.25) is 12.7 Å². The smallest absolute Gasteiger partial charge is 0.248 e. The van der Waals surface area contributed by atoms with Gasteiger partial charge in [-0.2, -0.15) is 0 Å². The van der Waals surface area contributed by atoms with E-state index in [-0.39, 0.29) is 24.2 Å². The van der Waals surface area contributed by atoms with E-state index < -0.39 is 0 Å². The molecule has 7 nitrogen and oxygen atoms in total. The second-order valence-electron chi connectivity index (χ2n) is 7.58. The van der Waals surface area contributed by atoms with Gasteiger partial charge in [-0.25, -0.2) is 0 Å². The van der Waals surface area contributed by atoms with Gasteiger partial charge in [0.25, 0.3) is 0 Å². The van der Waals surface area contributed by atoms with Gasteiger partial charge in [0.1, 0.15) is 6.61 Å². The van der Waals surface area contributed by atoms with Gasteiger partial charge < -0.3 is 23.8 Å². The molecule has 7 heteroatoms. The molecule has 1 atom stereocenters. The first-order chi connectivity index (χ1) is 12.5. The largest absolute Gasteiger partial charge is 0.454 e. The number of ether oxygens (including phenoxy) is 4. The van der Waals surface area contributed by atoms with Crippen LogP contribution in [0.2, 0.25) is 0 Å². The lowest BCUT2D eigenvalue weighted by Crippen LogP contribution is -2.65. The number of carbonyl (C=O) groups excluding carboxylic acids is 1. The fraction of sp³-hybridized carbons (Fsp3) is 0.632. The molecule has 0 saturated carbocycles. The third kappa shape index (κ3) is 3.65. The van der Waals surface area contributed by atoms with Crippen molar-refractivity contribution in [2.45, 2.75) is 31.1 Å². The zero-order valence-electron chi connectivity index (χ0n) is 15.4. The summed E-state index contributed by atoms with van der Waals surface area (Å²) in [4.78, 5) is 15.6. The maximum atomic E-state index is 11.7. The lowest BCUT2D eigenvalue weighted by Gasteiger charge is -2.53. The zero-order valence-corrected chi connectivity index (χ0v) is 15.4. The van der Waals surface area contributed by atoms with Crippen molar-refractivity contribution in [3.05, 3.63) is 23.8 Å². The van der Waals surface area contributed by atoms with Gasteiger partial charge in [0.05, 0.1) is 11.7 Å². The number of fused-ring (bicyclic) bond motifs is 1. The molecule has 1 spiro atoms. The fourth-order valence-electron chi connectivity index (χ4n) is 3.84. The Bertz CT molecular complexity index is 672. The van der Waals surface area contributed by atoms with Crippen molar-refractivity contribution in [1.82, 2.24) is 9.80 Å². The Morgan fingerprint density at radius 2 is 2.12 bits per heavy atom. The average molecular weight is 362 g/mol. The molecular formula is C19H26N2O5. The molecule has 2 saturated heterocycles. The van der Waals surface area contributed by atoms with E-state index in [1.165, 1.54) is 5.56 Å². The van der Waals surface area contributed by atoms with Crippen LogP contribution in [0.1, 0.15) is 18.4 Å². The number of nitrogens with zero attached hydrogens (tertiary/aromatic N) is 2. The number of likely N-dealkylation sites (tertiary alicyclic amines) is 1. The summed E-state index contributed by atoms with van der Waals surface area (Å²) in [5.74, 6) is 1.64. The van der Waals surface area contributed by atoms with Crippen LogP contribution in [0.25, 0.3) is 0 Å². The number of hydrogen-bond acceptors (Lipinski definition) is 6. The highest BCUT2D eigenvalue weighted by atomic mass is 16.7. The first kappa shape index (κ1) is 17.6. The minimum atomic E-state index is -0.125. The van der Waals surface area contributed by atoms with E-state index in [9.17, 15) is 4.79 Å². The summed E-state index contributed by atoms with van der Waals surface area (Å²) in [6.45, 7) is 3.79. The highest BCUT2D eigenvalue weighted by Crippen LogP contribution is 2.37. The summed E-state index contributed by atoms with van der Waals surface area (Å²) in [5.41, 5.74) is 1.09. The summed E-state index contributed by atoms with van der Waals surface area (Å²) in [6, 6.07) is 6.10. The van der Waals surface area contributed by atoms with Crippen LogP contribution in [-0.4, -0.2) is 74.6 Å². The molecule has 0 aliphatic carbocycles. The molecule has 3 aliphatic heterocycles. The van der Waals surface area contributed by atoms with Crippen LogP contribution < -0.4 is 9.47 Å². The van der Waals surface area contributed by atoms with Gasteiger partial charge in [-0.05, 0) is 24.1 Å². The summed E-state index contributed by atoms with van der Waals surface area (Å²) in [5, 5.41) is 0. The molecule has 0 radical (unpaired) electrons. The number of benzene rings is 1. The molecule has 3 aliphatic rings. The Morgan fingerprint density at radius 1 is 1.31 bits per heavy atom. The first-order valence-corrected chi connectivity index (χ1v) is 9.10. The third-order valence-electron chi connectivity index (χ3n) is 5.26. The lowest BCUT2D eigenvalue weighted by atomic mass is 9.84. The molecular weight excluding hydrogens is 336 g/mol. The third-order valence-corrected chi connectivity index (χ3v) is 5.26. The predicted molar refractivity (Wildman–Crippen MR) is 94.2 cm³/mol. The Hall–Kier alpha value is -1.83. The molecule has 3 heterocycles. The van der Waals surface area contributed by atoms with E-state index in [1.807, 2.05) is 12.1 Å². The molecule has 1 aromatic rings. The highest BCUT2D eigenvalue weighted by Gasteiger charge is 2.47. The van der Waals surface area contributed by atoms with Gasteiger partial charge in [0, 0.05) is 46.8 Å². The van der Waals surface area contributed by atoms with Crippen molar-refractivity contribution in [3.8, 4) is 11.5 Å². The van der Waals surface area contributed by atoms with Crippen molar-refractivity contribution >= 4 is 5.91 Å². The number of rotatable bonds is 5. The van der Waals surface area contributed by atoms with E-state index in [2.05, 4.69) is 11.0 Å². The van der Waals surface area contributed by atoms with E-state index in [4.69, 9.17) is 18.9 Å². The number of likely N-dealkylation sites (N-methyl/N-ethyl adjacent to an activating group) is 1. The quantitative estimate of drug-likeness (QED) is 0.786. The summed E-state index contributed by atoms with van der Waals surface area (Å²) >= 11 is 0. The first-order valence-electron chi connectivity index (χ1n) is 9.10. The minimum absolute atomic E-state index is 0.00332. The average Bonchev–Trinajstić information content (AvgIpc) is 3.06. The van der Waals surface area contributed by atoms with Crippen LogP contribution in [0.3, 0.4) is 0 Å². The van der Waals surface area contributed by atoms with Crippen molar-refractivity contribution in [2.75, 3.05) is 47.2 Å². The Labute approximate surface area is 153 Å². The van der Waals surface area contributed by atoms with E-state index >= 15 is 0 Å². The lowest BCUT2D eigenvalue weighted by molar-refractivity contribution is -0.200. The van der Waals surface area contributed by atoms with Crippen molar-refractivity contribution in [2.24, 2.45) is 0 Å². The van der Waals surface area contributed by atoms with Crippen molar-refractivity contribution < 1.29 is 23.7 Å². The maximum absolute atomic E-state index is 11.7. The summed E-state index contributed by atoms with van der Waals surface area (Å²) in [7, 11) is 3.49. The molecule has 26 heavy (non-hydrogen) atoms. The van der Waals surface area contributed by atoms with Crippen LogP contribution in [0.15, 0.2) is 18.2 Å².